The van der Waals surface area contributed by atoms with Crippen molar-refractivity contribution in [3.8, 4) is 0 Å². The minimum Gasteiger partial charge on any atom is -0.309 e. The van der Waals surface area contributed by atoms with Gasteiger partial charge in [0.05, 0.1) is 4.90 Å². The van der Waals surface area contributed by atoms with E-state index in [0.717, 1.165) is 19.3 Å². The number of ketones is 1. The van der Waals surface area contributed by atoms with E-state index in [4.69, 9.17) is 0 Å². The van der Waals surface area contributed by atoms with Crippen molar-refractivity contribution >= 4 is 15.8 Å². The molecule has 0 amide bonds. The highest BCUT2D eigenvalue weighted by Crippen LogP contribution is 2.27. The first-order valence-electron chi connectivity index (χ1n) is 9.00. The Kier molecular flexibility index (Phi) is 4.65. The first kappa shape index (κ1) is 17.4. The summed E-state index contributed by atoms with van der Waals surface area (Å²) in [5.74, 6) is -0.264. The molecule has 2 unspecified atom stereocenters. The van der Waals surface area contributed by atoms with Gasteiger partial charge in [-0.2, -0.15) is 4.31 Å². The summed E-state index contributed by atoms with van der Waals surface area (Å²) in [7, 11) is -3.72. The van der Waals surface area contributed by atoms with Crippen LogP contribution in [0.15, 0.2) is 59.5 Å². The molecule has 2 heterocycles. The van der Waals surface area contributed by atoms with E-state index in [-0.39, 0.29) is 28.3 Å². The molecule has 0 spiro atoms. The quantitative estimate of drug-likeness (QED) is 0.840. The molecule has 4 rings (SSSR count). The van der Waals surface area contributed by atoms with Gasteiger partial charge in [-0.1, -0.05) is 48.9 Å². The van der Waals surface area contributed by atoms with E-state index in [1.165, 1.54) is 0 Å². The van der Waals surface area contributed by atoms with Gasteiger partial charge in [0.15, 0.2) is 5.78 Å². The van der Waals surface area contributed by atoms with E-state index in [9.17, 15) is 13.2 Å². The Balaban J connectivity index is 1.70. The molecule has 5 nitrogen and oxygen atoms in total. The van der Waals surface area contributed by atoms with Crippen LogP contribution in [-0.4, -0.2) is 43.7 Å². The number of nitrogens with one attached hydrogen (secondary N) is 1. The number of piperazine rings is 1. The molecule has 26 heavy (non-hydrogen) atoms. The lowest BCUT2D eigenvalue weighted by Crippen LogP contribution is -2.59. The average Bonchev–Trinajstić information content (AvgIpc) is 2.68. The minimum absolute atomic E-state index is 0.105. The lowest BCUT2D eigenvalue weighted by atomic mass is 9.96. The number of benzene rings is 2. The maximum Gasteiger partial charge on any atom is 0.243 e. The molecule has 6 heteroatoms. The highest BCUT2D eigenvalue weighted by atomic mass is 32.2. The topological polar surface area (TPSA) is 66.5 Å². The molecule has 2 atom stereocenters. The minimum atomic E-state index is -3.72. The number of carbonyl (C=O) groups is 1. The van der Waals surface area contributed by atoms with Crippen molar-refractivity contribution in [2.75, 3.05) is 13.1 Å². The van der Waals surface area contributed by atoms with E-state index in [1.54, 1.807) is 52.8 Å². The van der Waals surface area contributed by atoms with Crippen LogP contribution in [0.5, 0.6) is 0 Å². The maximum absolute atomic E-state index is 13.3. The Morgan fingerprint density at radius 1 is 0.923 bits per heavy atom. The first-order chi connectivity index (χ1) is 12.6. The lowest BCUT2D eigenvalue weighted by molar-refractivity contribution is 0.103. The molecule has 0 aliphatic carbocycles. The summed E-state index contributed by atoms with van der Waals surface area (Å²) in [5, 5.41) is 3.50. The van der Waals surface area contributed by atoms with Gasteiger partial charge in [-0.25, -0.2) is 8.42 Å². The Morgan fingerprint density at radius 2 is 1.54 bits per heavy atom. The summed E-state index contributed by atoms with van der Waals surface area (Å²) in [4.78, 5) is 13.0. The van der Waals surface area contributed by atoms with E-state index < -0.39 is 10.0 Å². The standard InChI is InChI=1S/C20H22N2O3S/c23-20(15-7-2-1-3-8-15)18-11-4-5-12-19(18)26(24,25)22-13-16-9-6-10-17(14-22)21-16/h1-5,7-8,11-12,16-17,21H,6,9-10,13-14H2. The average molecular weight is 370 g/mol. The number of sulfonamides is 1. The third-order valence-electron chi connectivity index (χ3n) is 5.21. The summed E-state index contributed by atoms with van der Waals surface area (Å²) in [6.45, 7) is 0.930. The molecule has 2 aliphatic rings. The Morgan fingerprint density at radius 3 is 2.23 bits per heavy atom. The van der Waals surface area contributed by atoms with Gasteiger partial charge in [-0.15, -0.1) is 0 Å². The SMILES string of the molecule is O=C(c1ccccc1)c1ccccc1S(=O)(=O)N1CC2CCCC(C1)N2. The molecular formula is C20H22N2O3S. The van der Waals surface area contributed by atoms with Gasteiger partial charge in [-0.3, -0.25) is 4.79 Å². The molecule has 0 radical (unpaired) electrons. The number of piperidine rings is 1. The molecule has 2 aromatic rings. The zero-order valence-corrected chi connectivity index (χ0v) is 15.3. The summed E-state index contributed by atoms with van der Waals surface area (Å²) < 4.78 is 28.2. The predicted molar refractivity (Wildman–Crippen MR) is 99.6 cm³/mol. The molecule has 0 aromatic heterocycles. The summed E-state index contributed by atoms with van der Waals surface area (Å²) in [6.07, 6.45) is 3.12. The largest absolute Gasteiger partial charge is 0.309 e. The molecule has 2 aliphatic heterocycles. The van der Waals surface area contributed by atoms with Crippen molar-refractivity contribution in [3.05, 3.63) is 65.7 Å². The number of rotatable bonds is 4. The Labute approximate surface area is 154 Å². The van der Waals surface area contributed by atoms with Crippen LogP contribution in [0.4, 0.5) is 0 Å². The number of nitrogens with zero attached hydrogens (tertiary/aromatic N) is 1. The second-order valence-electron chi connectivity index (χ2n) is 7.00. The van der Waals surface area contributed by atoms with Gasteiger partial charge in [0.25, 0.3) is 0 Å². The fourth-order valence-electron chi connectivity index (χ4n) is 3.92. The monoisotopic (exact) mass is 370 g/mol. The Bertz CT molecular complexity index is 900. The van der Waals surface area contributed by atoms with E-state index in [0.29, 0.717) is 18.7 Å². The normalized spacial score (nSPS) is 23.5. The van der Waals surface area contributed by atoms with Gasteiger partial charge >= 0.3 is 0 Å². The number of carbonyl (C=O) groups excluding carboxylic acids is 1. The molecule has 1 N–H and O–H groups in total. The molecule has 136 valence electrons. The van der Waals surface area contributed by atoms with Crippen molar-refractivity contribution in [2.45, 2.75) is 36.2 Å². The summed E-state index contributed by atoms with van der Waals surface area (Å²) in [6, 6.07) is 15.8. The zero-order chi connectivity index (χ0) is 18.1. The highest BCUT2D eigenvalue weighted by Gasteiger charge is 2.37. The van der Waals surface area contributed by atoms with Crippen molar-refractivity contribution < 1.29 is 13.2 Å². The van der Waals surface area contributed by atoms with E-state index in [2.05, 4.69) is 5.32 Å². The van der Waals surface area contributed by atoms with Crippen LogP contribution in [0, 0.1) is 0 Å². The van der Waals surface area contributed by atoms with Crippen LogP contribution >= 0.6 is 0 Å². The second-order valence-corrected chi connectivity index (χ2v) is 8.91. The zero-order valence-electron chi connectivity index (χ0n) is 14.5. The van der Waals surface area contributed by atoms with Crippen molar-refractivity contribution in [3.63, 3.8) is 0 Å². The molecule has 0 saturated carbocycles. The maximum atomic E-state index is 13.3. The van der Waals surface area contributed by atoms with Crippen LogP contribution < -0.4 is 5.32 Å². The predicted octanol–water partition coefficient (Wildman–Crippen LogP) is 2.43. The van der Waals surface area contributed by atoms with Crippen molar-refractivity contribution in [2.24, 2.45) is 0 Å². The van der Waals surface area contributed by atoms with Crippen molar-refractivity contribution in [1.29, 1.82) is 0 Å². The summed E-state index contributed by atoms with van der Waals surface area (Å²) >= 11 is 0. The smallest absolute Gasteiger partial charge is 0.243 e. The number of hydrogen-bond acceptors (Lipinski definition) is 4. The second kappa shape index (κ2) is 6.95. The third-order valence-corrected chi connectivity index (χ3v) is 7.10. The van der Waals surface area contributed by atoms with Crippen LogP contribution in [0.1, 0.15) is 35.2 Å². The van der Waals surface area contributed by atoms with Crippen LogP contribution in [0.25, 0.3) is 0 Å². The van der Waals surface area contributed by atoms with Gasteiger partial charge in [0.2, 0.25) is 10.0 Å². The van der Waals surface area contributed by atoms with Gasteiger partial charge in [0.1, 0.15) is 0 Å². The van der Waals surface area contributed by atoms with Crippen LogP contribution in [-0.2, 0) is 10.0 Å². The molecule has 2 saturated heterocycles. The van der Waals surface area contributed by atoms with Crippen LogP contribution in [0.2, 0.25) is 0 Å². The molecule has 2 aromatic carbocycles. The van der Waals surface area contributed by atoms with Crippen molar-refractivity contribution in [1.82, 2.24) is 9.62 Å². The van der Waals surface area contributed by atoms with Crippen LogP contribution in [0.3, 0.4) is 0 Å². The molecule has 2 bridgehead atoms. The number of hydrogen-bond donors (Lipinski definition) is 1. The Hall–Kier alpha value is -2.02. The summed E-state index contributed by atoms with van der Waals surface area (Å²) in [5.41, 5.74) is 0.731. The van der Waals surface area contributed by atoms with E-state index >= 15 is 0 Å². The third kappa shape index (κ3) is 3.20. The first-order valence-corrected chi connectivity index (χ1v) is 10.4. The highest BCUT2D eigenvalue weighted by molar-refractivity contribution is 7.89. The van der Waals surface area contributed by atoms with E-state index in [1.807, 2.05) is 6.07 Å². The number of fused-ring (bicyclic) bond motifs is 2. The van der Waals surface area contributed by atoms with Gasteiger partial charge < -0.3 is 5.32 Å². The molecule has 2 fully saturated rings. The molecular weight excluding hydrogens is 348 g/mol. The van der Waals surface area contributed by atoms with Gasteiger partial charge in [-0.05, 0) is 25.0 Å². The fourth-order valence-corrected chi connectivity index (χ4v) is 5.64. The van der Waals surface area contributed by atoms with Gasteiger partial charge in [0, 0.05) is 36.3 Å². The lowest BCUT2D eigenvalue weighted by Gasteiger charge is -2.41. The fraction of sp³-hybridized carbons (Fsp3) is 0.350.